The molecule has 5 heavy (non-hydrogen) atoms. The molecule has 1 N–H and O–H groups in total. The maximum atomic E-state index is 7.64. The van der Waals surface area contributed by atoms with Crippen LogP contribution in [0.15, 0.2) is 0 Å². The van der Waals surface area contributed by atoms with Crippen molar-refractivity contribution in [3.05, 3.63) is 0 Å². The maximum absolute atomic E-state index is 7.64. The van der Waals surface area contributed by atoms with Gasteiger partial charge in [-0.2, -0.15) is 0 Å². The first kappa shape index (κ1) is 4.98. The summed E-state index contributed by atoms with van der Waals surface area (Å²) in [4.78, 5) is 3.75. The minimum atomic E-state index is -0.0602. The molecule has 0 aliphatic carbocycles. The molecule has 0 aliphatic heterocycles. The van der Waals surface area contributed by atoms with E-state index in [1.165, 1.54) is 0 Å². The molecule has 0 saturated heterocycles. The van der Waals surface area contributed by atoms with Crippen LogP contribution in [0.1, 0.15) is 0 Å². The van der Waals surface area contributed by atoms with E-state index in [-0.39, 0.29) is 6.92 Å². The summed E-state index contributed by atoms with van der Waals surface area (Å²) in [7, 11) is 0. The Bertz CT molecular complexity index is 21.6. The molecule has 0 bridgehead atoms. The monoisotopic (exact) mass is 74.1 g/mol. The van der Waals surface area contributed by atoms with E-state index >= 15 is 0 Å². The van der Waals surface area contributed by atoms with Crippen molar-refractivity contribution in [1.29, 1.82) is 0 Å². The lowest BCUT2D eigenvalue weighted by molar-refractivity contribution is -0.142. The van der Waals surface area contributed by atoms with E-state index in [9.17, 15) is 0 Å². The number of hydrogen-bond donors (Lipinski definition) is 1. The molecule has 0 amide bonds. The van der Waals surface area contributed by atoms with E-state index in [1.54, 1.807) is 13.6 Å². The van der Waals surface area contributed by atoms with Gasteiger partial charge in [0, 0.05) is 0 Å². The third-order valence-electron chi connectivity index (χ3n) is 0.211. The summed E-state index contributed by atoms with van der Waals surface area (Å²) in [6.45, 7) is 3.44. The Morgan fingerprint density at radius 1 is 1.60 bits per heavy atom. The van der Waals surface area contributed by atoms with Crippen LogP contribution in [0, 0.1) is 0 Å². The summed E-state index contributed by atoms with van der Waals surface area (Å²) in [6, 6.07) is 0. The molecule has 0 fully saturated rings. The van der Waals surface area contributed by atoms with Crippen LogP contribution in [0.5, 0.6) is 0 Å². The van der Waals surface area contributed by atoms with Gasteiger partial charge >= 0.3 is 6.92 Å². The predicted molar refractivity (Wildman–Crippen MR) is 21.2 cm³/mol. The Kier molecular flexibility index (Phi) is 2.23. The fraction of sp³-hybridized carbons (Fsp3) is 1.00. The average molecular weight is 73.9 g/mol. The van der Waals surface area contributed by atoms with Crippen LogP contribution in [0.3, 0.4) is 0 Å². The SMILES string of the molecule is CB(C)OO. The molecule has 0 saturated carbocycles. The minimum Gasteiger partial charge on any atom is -0.308 e. The molecule has 0 radical (unpaired) electrons. The molecule has 2 nitrogen and oxygen atoms in total. The molecule has 30 valence electrons. The Hall–Kier alpha value is -0.0151. The molecule has 0 aromatic rings. The van der Waals surface area contributed by atoms with E-state index in [0.717, 1.165) is 0 Å². The van der Waals surface area contributed by atoms with E-state index in [4.69, 9.17) is 5.26 Å². The first-order valence-electron chi connectivity index (χ1n) is 1.57. The van der Waals surface area contributed by atoms with Crippen molar-refractivity contribution < 1.29 is 10.1 Å². The molecule has 3 heteroatoms. The van der Waals surface area contributed by atoms with Crippen LogP contribution in [0.4, 0.5) is 0 Å². The van der Waals surface area contributed by atoms with E-state index < -0.39 is 0 Å². The Morgan fingerprint density at radius 3 is 1.80 bits per heavy atom. The smallest absolute Gasteiger partial charge is 0.308 e. The van der Waals surface area contributed by atoms with Crippen LogP contribution < -0.4 is 0 Å². The number of rotatable bonds is 1. The molecule has 0 aliphatic rings. The second kappa shape index (κ2) is 2.24. The van der Waals surface area contributed by atoms with Gasteiger partial charge in [-0.25, -0.2) is 0 Å². The van der Waals surface area contributed by atoms with Crippen molar-refractivity contribution >= 4 is 6.92 Å². The quantitative estimate of drug-likeness (QED) is 0.282. The summed E-state index contributed by atoms with van der Waals surface area (Å²) >= 11 is 0. The fourth-order valence-electron chi connectivity index (χ4n) is 0. The highest BCUT2D eigenvalue weighted by Gasteiger charge is 1.92. The Balaban J connectivity index is 2.54. The van der Waals surface area contributed by atoms with Gasteiger partial charge < -0.3 is 4.81 Å². The lowest BCUT2D eigenvalue weighted by Crippen LogP contribution is -2.01. The highest BCUT2D eigenvalue weighted by atomic mass is 17.1. The van der Waals surface area contributed by atoms with E-state index in [0.29, 0.717) is 0 Å². The van der Waals surface area contributed by atoms with Crippen molar-refractivity contribution in [3.63, 3.8) is 0 Å². The largest absolute Gasteiger partial charge is 0.333 e. The third-order valence-corrected chi connectivity index (χ3v) is 0.211. The average Bonchev–Trinajstić information content (AvgIpc) is 1.38. The van der Waals surface area contributed by atoms with Crippen molar-refractivity contribution in [3.8, 4) is 0 Å². The summed E-state index contributed by atoms with van der Waals surface area (Å²) in [6.07, 6.45) is 0. The number of hydrogen-bond acceptors (Lipinski definition) is 2. The third kappa shape index (κ3) is 3.98. The standard InChI is InChI=1S/C2H7BO2/c1-3(2)5-4/h4H,1-2H3. The lowest BCUT2D eigenvalue weighted by Gasteiger charge is -1.86. The van der Waals surface area contributed by atoms with Gasteiger partial charge in [0.15, 0.2) is 0 Å². The van der Waals surface area contributed by atoms with Crippen LogP contribution >= 0.6 is 0 Å². The lowest BCUT2D eigenvalue weighted by atomic mass is 9.76. The molecular weight excluding hydrogens is 66.8 g/mol. The van der Waals surface area contributed by atoms with Crippen LogP contribution in [0.25, 0.3) is 0 Å². The zero-order valence-corrected chi connectivity index (χ0v) is 3.43. The zero-order chi connectivity index (χ0) is 4.28. The van der Waals surface area contributed by atoms with Crippen LogP contribution in [0.2, 0.25) is 13.6 Å². The first-order chi connectivity index (χ1) is 2.27. The molecule has 0 heterocycles. The highest BCUT2D eigenvalue weighted by molar-refractivity contribution is 6.48. The van der Waals surface area contributed by atoms with Crippen molar-refractivity contribution in [2.45, 2.75) is 13.6 Å². The summed E-state index contributed by atoms with van der Waals surface area (Å²) < 4.78 is 0. The molecular formula is C2H7BO2. The Labute approximate surface area is 31.8 Å². The molecule has 0 aromatic heterocycles. The van der Waals surface area contributed by atoms with Crippen LogP contribution in [-0.2, 0) is 4.81 Å². The van der Waals surface area contributed by atoms with Gasteiger partial charge in [-0.1, -0.05) is 13.6 Å². The van der Waals surface area contributed by atoms with E-state index in [2.05, 4.69) is 4.81 Å². The van der Waals surface area contributed by atoms with Gasteiger partial charge in [0.2, 0.25) is 0 Å². The topological polar surface area (TPSA) is 29.5 Å². The summed E-state index contributed by atoms with van der Waals surface area (Å²) in [5.74, 6) is 0. The van der Waals surface area contributed by atoms with Gasteiger partial charge in [0.1, 0.15) is 0 Å². The van der Waals surface area contributed by atoms with Crippen molar-refractivity contribution in [2.24, 2.45) is 0 Å². The zero-order valence-electron chi connectivity index (χ0n) is 3.43. The molecule has 0 aromatic carbocycles. The fourth-order valence-corrected chi connectivity index (χ4v) is 0. The van der Waals surface area contributed by atoms with Crippen molar-refractivity contribution in [1.82, 2.24) is 0 Å². The normalized spacial score (nSPS) is 7.80. The maximum Gasteiger partial charge on any atom is 0.333 e. The molecule has 0 unspecified atom stereocenters. The summed E-state index contributed by atoms with van der Waals surface area (Å²) in [5.41, 5.74) is 0. The van der Waals surface area contributed by atoms with Crippen molar-refractivity contribution in [2.75, 3.05) is 0 Å². The summed E-state index contributed by atoms with van der Waals surface area (Å²) in [5, 5.41) is 7.64. The van der Waals surface area contributed by atoms with Gasteiger partial charge in [-0.3, -0.25) is 5.26 Å². The molecule has 0 spiro atoms. The molecule has 0 rings (SSSR count). The van der Waals surface area contributed by atoms with Gasteiger partial charge in [-0.15, -0.1) is 0 Å². The highest BCUT2D eigenvalue weighted by Crippen LogP contribution is 1.72. The second-order valence-corrected chi connectivity index (χ2v) is 1.15. The van der Waals surface area contributed by atoms with E-state index in [1.807, 2.05) is 0 Å². The second-order valence-electron chi connectivity index (χ2n) is 1.15. The van der Waals surface area contributed by atoms with Gasteiger partial charge in [0.05, 0.1) is 0 Å². The minimum absolute atomic E-state index is 0.0602. The molecule has 0 atom stereocenters. The van der Waals surface area contributed by atoms with Gasteiger partial charge in [0.25, 0.3) is 0 Å². The van der Waals surface area contributed by atoms with Crippen LogP contribution in [-0.4, -0.2) is 12.2 Å². The first-order valence-corrected chi connectivity index (χ1v) is 1.57. The predicted octanol–water partition coefficient (Wildman–Crippen LogP) is 0.727. The Morgan fingerprint density at radius 2 is 1.80 bits per heavy atom. The van der Waals surface area contributed by atoms with Gasteiger partial charge in [-0.05, 0) is 0 Å².